The van der Waals surface area contributed by atoms with Gasteiger partial charge in [0.25, 0.3) is 0 Å². The van der Waals surface area contributed by atoms with Crippen molar-refractivity contribution in [1.29, 1.82) is 0 Å². The Morgan fingerprint density at radius 3 is 3.23 bits per heavy atom. The van der Waals surface area contributed by atoms with Crippen LogP contribution in [-0.4, -0.2) is 29.6 Å². The fourth-order valence-corrected chi connectivity index (χ4v) is 2.48. The van der Waals surface area contributed by atoms with E-state index in [0.717, 1.165) is 6.42 Å². The summed E-state index contributed by atoms with van der Waals surface area (Å²) >= 11 is 0. The molecule has 4 heteroatoms. The summed E-state index contributed by atoms with van der Waals surface area (Å²) in [5.41, 5.74) is 0. The molecule has 2 fully saturated rings. The molecule has 70 valence electrons. The van der Waals surface area contributed by atoms with E-state index >= 15 is 0 Å². The Bertz CT molecular complexity index is 285. The number of rotatable bonds is 0. The zero-order valence-electron chi connectivity index (χ0n) is 6.92. The van der Waals surface area contributed by atoms with E-state index in [1.165, 1.54) is 0 Å². The summed E-state index contributed by atoms with van der Waals surface area (Å²) in [6.45, 7) is 0. The van der Waals surface area contributed by atoms with Crippen molar-refractivity contribution in [3.05, 3.63) is 12.2 Å². The molecular formula is C9H10O4. The van der Waals surface area contributed by atoms with Crippen LogP contribution >= 0.6 is 0 Å². The van der Waals surface area contributed by atoms with Gasteiger partial charge >= 0.3 is 5.97 Å². The Kier molecular flexibility index (Phi) is 1.35. The summed E-state index contributed by atoms with van der Waals surface area (Å²) in [5, 5.41) is 9.47. The third-order valence-corrected chi connectivity index (χ3v) is 3.06. The number of ether oxygens (including phenoxy) is 2. The molecule has 3 heterocycles. The van der Waals surface area contributed by atoms with Crippen LogP contribution in [0.4, 0.5) is 0 Å². The van der Waals surface area contributed by atoms with E-state index in [1.807, 2.05) is 12.2 Å². The molecule has 0 aromatic rings. The molecule has 13 heavy (non-hydrogen) atoms. The Morgan fingerprint density at radius 1 is 1.54 bits per heavy atom. The summed E-state index contributed by atoms with van der Waals surface area (Å²) in [7, 11) is 0. The molecule has 1 N–H and O–H groups in total. The SMILES string of the molecule is O=C1OC(O)C2C3CC=CC(O3)C12. The van der Waals surface area contributed by atoms with Crippen LogP contribution in [0.3, 0.4) is 0 Å². The minimum Gasteiger partial charge on any atom is -0.435 e. The second kappa shape index (κ2) is 2.33. The highest BCUT2D eigenvalue weighted by atomic mass is 16.7. The van der Waals surface area contributed by atoms with Crippen LogP contribution in [0.25, 0.3) is 0 Å². The highest BCUT2D eigenvalue weighted by Gasteiger charge is 2.57. The van der Waals surface area contributed by atoms with E-state index in [2.05, 4.69) is 0 Å². The van der Waals surface area contributed by atoms with Gasteiger partial charge in [0, 0.05) is 0 Å². The van der Waals surface area contributed by atoms with Gasteiger partial charge in [0.15, 0.2) is 0 Å². The fraction of sp³-hybridized carbons (Fsp3) is 0.667. The van der Waals surface area contributed by atoms with Gasteiger partial charge < -0.3 is 14.6 Å². The maximum absolute atomic E-state index is 11.3. The maximum Gasteiger partial charge on any atom is 0.314 e. The van der Waals surface area contributed by atoms with E-state index in [-0.39, 0.29) is 30.0 Å². The van der Waals surface area contributed by atoms with Gasteiger partial charge in [-0.05, 0) is 6.42 Å². The molecule has 3 rings (SSSR count). The lowest BCUT2D eigenvalue weighted by Gasteiger charge is -2.19. The van der Waals surface area contributed by atoms with Crippen LogP contribution in [-0.2, 0) is 14.3 Å². The topological polar surface area (TPSA) is 55.8 Å². The molecule has 2 bridgehead atoms. The fourth-order valence-electron chi connectivity index (χ4n) is 2.48. The van der Waals surface area contributed by atoms with Crippen LogP contribution in [0.1, 0.15) is 6.42 Å². The van der Waals surface area contributed by atoms with E-state index < -0.39 is 6.29 Å². The number of fused-ring (bicyclic) bond motifs is 5. The van der Waals surface area contributed by atoms with E-state index in [0.29, 0.717) is 0 Å². The maximum atomic E-state index is 11.3. The first-order chi connectivity index (χ1) is 6.27. The second-order valence-electron chi connectivity index (χ2n) is 3.73. The van der Waals surface area contributed by atoms with Crippen LogP contribution in [0.5, 0.6) is 0 Å². The van der Waals surface area contributed by atoms with E-state index in [4.69, 9.17) is 9.47 Å². The lowest BCUT2D eigenvalue weighted by Crippen LogP contribution is -2.26. The number of carbonyl (C=O) groups is 1. The first-order valence-electron chi connectivity index (χ1n) is 4.48. The van der Waals surface area contributed by atoms with Gasteiger partial charge in [-0.1, -0.05) is 12.2 Å². The summed E-state index contributed by atoms with van der Waals surface area (Å²) < 4.78 is 10.3. The number of hydrogen-bond donors (Lipinski definition) is 1. The molecule has 5 unspecified atom stereocenters. The Balaban J connectivity index is 2.00. The standard InChI is InChI=1S/C9H10O4/c10-8-6-4-2-1-3-5(12-4)7(6)9(11)13-8/h1-2,4-7,9,11H,3H2. The van der Waals surface area contributed by atoms with Crippen molar-refractivity contribution in [2.75, 3.05) is 0 Å². The van der Waals surface area contributed by atoms with Crippen LogP contribution in [0.15, 0.2) is 12.2 Å². The van der Waals surface area contributed by atoms with Crippen molar-refractivity contribution in [1.82, 2.24) is 0 Å². The van der Waals surface area contributed by atoms with Crippen molar-refractivity contribution in [2.24, 2.45) is 11.8 Å². The first kappa shape index (κ1) is 7.53. The van der Waals surface area contributed by atoms with Crippen molar-refractivity contribution < 1.29 is 19.4 Å². The highest BCUT2D eigenvalue weighted by molar-refractivity contribution is 5.77. The molecule has 3 aliphatic heterocycles. The number of cyclic esters (lactones) is 1. The largest absolute Gasteiger partial charge is 0.435 e. The zero-order chi connectivity index (χ0) is 9.00. The molecule has 0 aliphatic carbocycles. The average molecular weight is 182 g/mol. The van der Waals surface area contributed by atoms with Crippen molar-refractivity contribution in [3.8, 4) is 0 Å². The molecule has 2 saturated heterocycles. The Hall–Kier alpha value is -0.870. The van der Waals surface area contributed by atoms with Gasteiger partial charge in [-0.2, -0.15) is 0 Å². The van der Waals surface area contributed by atoms with Gasteiger partial charge in [0.05, 0.1) is 24.0 Å². The van der Waals surface area contributed by atoms with Crippen LogP contribution in [0, 0.1) is 11.8 Å². The van der Waals surface area contributed by atoms with Gasteiger partial charge in [0.2, 0.25) is 6.29 Å². The third-order valence-electron chi connectivity index (χ3n) is 3.06. The number of esters is 1. The van der Waals surface area contributed by atoms with E-state index in [1.54, 1.807) is 0 Å². The predicted octanol–water partition coefficient (Wildman–Crippen LogP) is -0.179. The molecule has 0 radical (unpaired) electrons. The van der Waals surface area contributed by atoms with Crippen molar-refractivity contribution in [2.45, 2.75) is 24.9 Å². The molecule has 4 nitrogen and oxygen atoms in total. The van der Waals surface area contributed by atoms with Gasteiger partial charge in [-0.25, -0.2) is 0 Å². The quantitative estimate of drug-likeness (QED) is 0.417. The second-order valence-corrected chi connectivity index (χ2v) is 3.73. The molecule has 0 spiro atoms. The third kappa shape index (κ3) is 0.845. The molecule has 3 aliphatic rings. The molecule has 0 amide bonds. The summed E-state index contributed by atoms with van der Waals surface area (Å²) in [6, 6.07) is 0. The minimum atomic E-state index is -0.965. The highest BCUT2D eigenvalue weighted by Crippen LogP contribution is 2.44. The van der Waals surface area contributed by atoms with E-state index in [9.17, 15) is 9.90 Å². The first-order valence-corrected chi connectivity index (χ1v) is 4.48. The van der Waals surface area contributed by atoms with Crippen molar-refractivity contribution >= 4 is 5.97 Å². The molecule has 0 aromatic carbocycles. The number of carbonyl (C=O) groups excluding carboxylic acids is 1. The molecular weight excluding hydrogens is 172 g/mol. The zero-order valence-corrected chi connectivity index (χ0v) is 6.92. The van der Waals surface area contributed by atoms with Gasteiger partial charge in [0.1, 0.15) is 0 Å². The minimum absolute atomic E-state index is 0.0403. The average Bonchev–Trinajstić information content (AvgIpc) is 2.53. The normalized spacial score (nSPS) is 52.1. The molecule has 0 saturated carbocycles. The number of hydrogen-bond acceptors (Lipinski definition) is 4. The Morgan fingerprint density at radius 2 is 2.38 bits per heavy atom. The smallest absolute Gasteiger partial charge is 0.314 e. The Labute approximate surface area is 75.1 Å². The number of aliphatic hydroxyl groups excluding tert-OH is 1. The lowest BCUT2D eigenvalue weighted by atomic mass is 9.90. The van der Waals surface area contributed by atoms with Gasteiger partial charge in [-0.3, -0.25) is 4.79 Å². The predicted molar refractivity (Wildman–Crippen MR) is 41.5 cm³/mol. The van der Waals surface area contributed by atoms with Crippen LogP contribution in [0.2, 0.25) is 0 Å². The molecule has 5 atom stereocenters. The number of aliphatic hydroxyl groups is 1. The summed E-state index contributed by atoms with van der Waals surface area (Å²) in [6.07, 6.45) is 3.49. The summed E-state index contributed by atoms with van der Waals surface area (Å²) in [5.74, 6) is -0.761. The van der Waals surface area contributed by atoms with Gasteiger partial charge in [-0.15, -0.1) is 0 Å². The van der Waals surface area contributed by atoms with Crippen LogP contribution < -0.4 is 0 Å². The molecule has 0 aromatic heterocycles. The monoisotopic (exact) mass is 182 g/mol. The summed E-state index contributed by atoms with van der Waals surface area (Å²) in [4.78, 5) is 11.3. The lowest BCUT2D eigenvalue weighted by molar-refractivity contribution is -0.164. The van der Waals surface area contributed by atoms with Crippen molar-refractivity contribution in [3.63, 3.8) is 0 Å².